The molecule has 0 fully saturated rings. The van der Waals surface area contributed by atoms with Gasteiger partial charge in [0.1, 0.15) is 5.75 Å². The minimum absolute atomic E-state index is 0.150. The van der Waals surface area contributed by atoms with Gasteiger partial charge in [-0.2, -0.15) is 0 Å². The number of anilines is 2. The molecule has 0 spiro atoms. The van der Waals surface area contributed by atoms with E-state index in [4.69, 9.17) is 4.74 Å². The van der Waals surface area contributed by atoms with Crippen molar-refractivity contribution < 1.29 is 14.3 Å². The number of para-hydroxylation sites is 1. The maximum Gasteiger partial charge on any atom is 0.319 e. The molecule has 148 valence electrons. The van der Waals surface area contributed by atoms with Crippen molar-refractivity contribution in [3.05, 3.63) is 48.0 Å². The molecule has 1 aliphatic rings. The predicted octanol–water partition coefficient (Wildman–Crippen LogP) is 5.16. The number of urea groups is 1. The molecule has 0 bridgehead atoms. The number of fused-ring (bicyclic) bond motifs is 2. The number of ether oxygens (including phenoxy) is 1. The fourth-order valence-corrected chi connectivity index (χ4v) is 3.19. The minimum Gasteiger partial charge on any atom is -0.454 e. The highest BCUT2D eigenvalue weighted by atomic mass is 16.5. The lowest BCUT2D eigenvalue weighted by molar-refractivity contribution is 0.0993. The molecule has 2 N–H and O–H groups in total. The zero-order chi connectivity index (χ0) is 19.9. The van der Waals surface area contributed by atoms with E-state index >= 15 is 0 Å². The molecule has 1 heterocycles. The highest BCUT2D eigenvalue weighted by molar-refractivity contribution is 6.09. The van der Waals surface area contributed by atoms with Crippen molar-refractivity contribution in [1.82, 2.24) is 5.32 Å². The van der Waals surface area contributed by atoms with Gasteiger partial charge < -0.3 is 20.3 Å². The van der Waals surface area contributed by atoms with Crippen LogP contribution in [0.15, 0.2) is 42.5 Å². The van der Waals surface area contributed by atoms with Crippen molar-refractivity contribution >= 4 is 23.3 Å². The van der Waals surface area contributed by atoms with Gasteiger partial charge in [-0.25, -0.2) is 4.79 Å². The Morgan fingerprint density at radius 2 is 1.82 bits per heavy atom. The average Bonchev–Trinajstić information content (AvgIpc) is 2.80. The highest BCUT2D eigenvalue weighted by Gasteiger charge is 2.25. The molecule has 6 heteroatoms. The van der Waals surface area contributed by atoms with Crippen LogP contribution >= 0.6 is 0 Å². The Morgan fingerprint density at radius 1 is 1.04 bits per heavy atom. The first-order valence-corrected chi connectivity index (χ1v) is 9.84. The number of nitrogens with zero attached hydrogens (tertiary/aromatic N) is 1. The molecule has 2 aromatic carbocycles. The van der Waals surface area contributed by atoms with Crippen LogP contribution in [0.1, 0.15) is 49.4 Å². The number of hydrogen-bond acceptors (Lipinski definition) is 3. The van der Waals surface area contributed by atoms with Crippen molar-refractivity contribution in [2.75, 3.05) is 23.8 Å². The van der Waals surface area contributed by atoms with E-state index < -0.39 is 0 Å². The first kappa shape index (κ1) is 19.7. The zero-order valence-corrected chi connectivity index (χ0v) is 16.5. The van der Waals surface area contributed by atoms with E-state index in [0.717, 1.165) is 12.8 Å². The van der Waals surface area contributed by atoms with Crippen LogP contribution in [0.5, 0.6) is 11.5 Å². The van der Waals surface area contributed by atoms with Gasteiger partial charge >= 0.3 is 6.03 Å². The second kappa shape index (κ2) is 9.26. The van der Waals surface area contributed by atoms with Crippen LogP contribution in [-0.2, 0) is 0 Å². The van der Waals surface area contributed by atoms with E-state index in [-0.39, 0.29) is 11.9 Å². The van der Waals surface area contributed by atoms with Gasteiger partial charge in [0, 0.05) is 19.3 Å². The lowest BCUT2D eigenvalue weighted by Gasteiger charge is -2.17. The molecule has 0 aromatic heterocycles. The van der Waals surface area contributed by atoms with Crippen molar-refractivity contribution in [3.8, 4) is 11.5 Å². The first-order chi connectivity index (χ1) is 13.6. The number of nitrogens with one attached hydrogen (secondary N) is 2. The van der Waals surface area contributed by atoms with Crippen LogP contribution in [0.25, 0.3) is 0 Å². The van der Waals surface area contributed by atoms with Crippen molar-refractivity contribution in [3.63, 3.8) is 0 Å². The number of rotatable bonds is 7. The van der Waals surface area contributed by atoms with E-state index in [1.54, 1.807) is 37.4 Å². The Hall–Kier alpha value is -3.02. The Labute approximate surface area is 165 Å². The summed E-state index contributed by atoms with van der Waals surface area (Å²) < 4.78 is 5.92. The third-order valence-corrected chi connectivity index (χ3v) is 4.79. The average molecular weight is 381 g/mol. The summed E-state index contributed by atoms with van der Waals surface area (Å²) in [6, 6.07) is 12.2. The molecule has 3 rings (SSSR count). The lowest BCUT2D eigenvalue weighted by Crippen LogP contribution is -2.29. The summed E-state index contributed by atoms with van der Waals surface area (Å²) in [6.07, 6.45) is 5.74. The van der Waals surface area contributed by atoms with Gasteiger partial charge in [-0.3, -0.25) is 4.79 Å². The molecule has 3 amide bonds. The number of amides is 3. The molecule has 0 aliphatic carbocycles. The molecule has 0 atom stereocenters. The Kier molecular flexibility index (Phi) is 6.53. The van der Waals surface area contributed by atoms with Gasteiger partial charge in [-0.15, -0.1) is 0 Å². The smallest absolute Gasteiger partial charge is 0.319 e. The normalized spacial score (nSPS) is 12.5. The number of unbranched alkanes of at least 4 members (excludes halogenated alkanes) is 4. The molecule has 0 unspecified atom stereocenters. The fourth-order valence-electron chi connectivity index (χ4n) is 3.19. The standard InChI is InChI=1S/C22H27N3O3/c1-3-4-5-6-9-14-23-22(27)24-16-12-13-20-18(15-16)25(2)21(26)17-10-7-8-11-19(17)28-20/h7-8,10-13,15H,3-6,9,14H2,1-2H3,(H2,23,24,27). The predicted molar refractivity (Wildman–Crippen MR) is 111 cm³/mol. The Bertz CT molecular complexity index is 851. The van der Waals surface area contributed by atoms with Crippen LogP contribution in [0.3, 0.4) is 0 Å². The van der Waals surface area contributed by atoms with Crippen LogP contribution in [0.4, 0.5) is 16.2 Å². The van der Waals surface area contributed by atoms with Gasteiger partial charge in [0.2, 0.25) is 0 Å². The number of benzene rings is 2. The van der Waals surface area contributed by atoms with Crippen molar-refractivity contribution in [2.45, 2.75) is 39.0 Å². The van der Waals surface area contributed by atoms with Crippen LogP contribution < -0.4 is 20.3 Å². The van der Waals surface area contributed by atoms with E-state index in [2.05, 4.69) is 17.6 Å². The molecule has 28 heavy (non-hydrogen) atoms. The molecule has 0 saturated carbocycles. The van der Waals surface area contributed by atoms with Gasteiger partial charge in [-0.1, -0.05) is 44.7 Å². The van der Waals surface area contributed by atoms with Crippen LogP contribution in [-0.4, -0.2) is 25.5 Å². The maximum atomic E-state index is 12.7. The molecule has 1 aliphatic heterocycles. The van der Waals surface area contributed by atoms with E-state index in [9.17, 15) is 9.59 Å². The number of carbonyl (C=O) groups is 2. The third kappa shape index (κ3) is 4.63. The van der Waals surface area contributed by atoms with Crippen molar-refractivity contribution in [1.29, 1.82) is 0 Å². The Balaban J connectivity index is 1.64. The molecule has 2 aromatic rings. The Morgan fingerprint density at radius 3 is 2.64 bits per heavy atom. The summed E-state index contributed by atoms with van der Waals surface area (Å²) in [5.74, 6) is 0.949. The second-order valence-corrected chi connectivity index (χ2v) is 6.94. The largest absolute Gasteiger partial charge is 0.454 e. The van der Waals surface area contributed by atoms with Crippen molar-refractivity contribution in [2.24, 2.45) is 0 Å². The van der Waals surface area contributed by atoms with Gasteiger partial charge in [0.05, 0.1) is 11.3 Å². The van der Waals surface area contributed by atoms with Crippen LogP contribution in [0.2, 0.25) is 0 Å². The third-order valence-electron chi connectivity index (χ3n) is 4.79. The van der Waals surface area contributed by atoms with Gasteiger partial charge in [0.25, 0.3) is 5.91 Å². The summed E-state index contributed by atoms with van der Waals surface area (Å²) in [4.78, 5) is 26.4. The SMILES string of the molecule is CCCCCCCNC(=O)Nc1ccc2c(c1)N(C)C(=O)c1ccccc1O2. The topological polar surface area (TPSA) is 70.7 Å². The molecule has 0 saturated heterocycles. The lowest BCUT2D eigenvalue weighted by atomic mass is 10.1. The molecular weight excluding hydrogens is 354 g/mol. The monoisotopic (exact) mass is 381 g/mol. The number of carbonyl (C=O) groups excluding carboxylic acids is 2. The van der Waals surface area contributed by atoms with E-state index in [0.29, 0.717) is 35.0 Å². The summed E-state index contributed by atoms with van der Waals surface area (Å²) in [6.45, 7) is 2.83. The highest BCUT2D eigenvalue weighted by Crippen LogP contribution is 2.39. The molecule has 6 nitrogen and oxygen atoms in total. The fraction of sp³-hybridized carbons (Fsp3) is 0.364. The summed E-state index contributed by atoms with van der Waals surface area (Å²) >= 11 is 0. The van der Waals surface area contributed by atoms with Crippen LogP contribution in [0, 0.1) is 0 Å². The minimum atomic E-state index is -0.248. The quantitative estimate of drug-likeness (QED) is 0.651. The first-order valence-electron chi connectivity index (χ1n) is 9.84. The van der Waals surface area contributed by atoms with E-state index in [1.165, 1.54) is 24.2 Å². The molecule has 0 radical (unpaired) electrons. The van der Waals surface area contributed by atoms with E-state index in [1.807, 2.05) is 12.1 Å². The maximum absolute atomic E-state index is 12.7. The van der Waals surface area contributed by atoms with Gasteiger partial charge in [0.15, 0.2) is 5.75 Å². The summed E-state index contributed by atoms with van der Waals surface area (Å²) in [5, 5.41) is 5.70. The second-order valence-electron chi connectivity index (χ2n) is 6.94. The molecular formula is C22H27N3O3. The van der Waals surface area contributed by atoms with Gasteiger partial charge in [-0.05, 0) is 36.8 Å². The summed E-state index contributed by atoms with van der Waals surface area (Å²) in [7, 11) is 1.70. The summed E-state index contributed by atoms with van der Waals surface area (Å²) in [5.41, 5.74) is 1.73. The zero-order valence-electron chi connectivity index (χ0n) is 16.5. The number of hydrogen-bond donors (Lipinski definition) is 2.